The summed E-state index contributed by atoms with van der Waals surface area (Å²) in [5.74, 6) is 1.01. The van der Waals surface area contributed by atoms with E-state index < -0.39 is 10.0 Å². The van der Waals surface area contributed by atoms with Crippen LogP contribution >= 0.6 is 24.0 Å². The van der Waals surface area contributed by atoms with E-state index in [0.717, 1.165) is 25.0 Å². The van der Waals surface area contributed by atoms with Gasteiger partial charge >= 0.3 is 0 Å². The Morgan fingerprint density at radius 2 is 2.05 bits per heavy atom. The number of nitrogens with one attached hydrogen (secondary N) is 1. The highest BCUT2D eigenvalue weighted by Crippen LogP contribution is 2.30. The molecule has 116 valence electrons. The van der Waals surface area contributed by atoms with Gasteiger partial charge in [-0.1, -0.05) is 37.7 Å². The van der Waals surface area contributed by atoms with E-state index in [9.17, 15) is 8.42 Å². The monoisotopic (exact) mass is 344 g/mol. The number of hydrogen-bond acceptors (Lipinski definition) is 4. The van der Waals surface area contributed by atoms with Crippen molar-refractivity contribution < 1.29 is 8.42 Å². The standard InChI is InChI=1S/C14H20N2O2S3/c1-2-20-13-5-3-4-12(13)16-21(17,18)11-8-6-10(7-9-11)14(15)19/h6-9,12-13,16H,2-5H2,1H3,(H2,15,19). The molecule has 0 aliphatic heterocycles. The van der Waals surface area contributed by atoms with Gasteiger partial charge in [0.1, 0.15) is 4.99 Å². The van der Waals surface area contributed by atoms with E-state index in [0.29, 0.717) is 10.8 Å². The van der Waals surface area contributed by atoms with Crippen LogP contribution in [-0.4, -0.2) is 30.5 Å². The average Bonchev–Trinajstić information content (AvgIpc) is 2.86. The van der Waals surface area contributed by atoms with E-state index in [4.69, 9.17) is 18.0 Å². The fourth-order valence-corrected chi connectivity index (χ4v) is 5.27. The summed E-state index contributed by atoms with van der Waals surface area (Å²) in [5, 5.41) is 0.376. The molecule has 2 unspecified atom stereocenters. The zero-order valence-electron chi connectivity index (χ0n) is 11.9. The van der Waals surface area contributed by atoms with E-state index in [1.54, 1.807) is 24.3 Å². The van der Waals surface area contributed by atoms with Crippen LogP contribution in [0.5, 0.6) is 0 Å². The molecule has 0 bridgehead atoms. The van der Waals surface area contributed by atoms with Gasteiger partial charge in [-0.3, -0.25) is 0 Å². The molecule has 3 N–H and O–H groups in total. The maximum absolute atomic E-state index is 12.4. The van der Waals surface area contributed by atoms with E-state index in [1.165, 1.54) is 0 Å². The third-order valence-electron chi connectivity index (χ3n) is 3.59. The molecule has 2 rings (SSSR count). The molecule has 4 nitrogen and oxygen atoms in total. The largest absolute Gasteiger partial charge is 0.389 e. The van der Waals surface area contributed by atoms with E-state index in [2.05, 4.69) is 11.6 Å². The lowest BCUT2D eigenvalue weighted by atomic mass is 10.2. The fourth-order valence-electron chi connectivity index (χ4n) is 2.54. The summed E-state index contributed by atoms with van der Waals surface area (Å²) in [4.78, 5) is 0.525. The van der Waals surface area contributed by atoms with Gasteiger partial charge in [0.2, 0.25) is 10.0 Å². The summed E-state index contributed by atoms with van der Waals surface area (Å²) in [5.41, 5.74) is 6.19. The van der Waals surface area contributed by atoms with Gasteiger partial charge in [0.15, 0.2) is 0 Å². The van der Waals surface area contributed by atoms with Crippen molar-refractivity contribution in [3.05, 3.63) is 29.8 Å². The van der Waals surface area contributed by atoms with Crippen molar-refractivity contribution in [2.75, 3.05) is 5.75 Å². The van der Waals surface area contributed by atoms with Crippen LogP contribution in [0, 0.1) is 0 Å². The molecule has 1 aliphatic rings. The van der Waals surface area contributed by atoms with Crippen LogP contribution in [0.25, 0.3) is 0 Å². The molecule has 1 aliphatic carbocycles. The highest BCUT2D eigenvalue weighted by Gasteiger charge is 2.31. The molecule has 7 heteroatoms. The molecule has 1 aromatic rings. The number of benzene rings is 1. The topological polar surface area (TPSA) is 72.2 Å². The molecule has 0 amide bonds. The summed E-state index contributed by atoms with van der Waals surface area (Å²) >= 11 is 6.70. The lowest BCUT2D eigenvalue weighted by Gasteiger charge is -2.20. The van der Waals surface area contributed by atoms with Crippen molar-refractivity contribution in [2.45, 2.75) is 42.4 Å². The van der Waals surface area contributed by atoms with E-state index in [-0.39, 0.29) is 15.9 Å². The molecule has 1 fully saturated rings. The van der Waals surface area contributed by atoms with Gasteiger partial charge < -0.3 is 5.73 Å². The highest BCUT2D eigenvalue weighted by molar-refractivity contribution is 8.00. The zero-order chi connectivity index (χ0) is 15.5. The number of thiocarbonyl (C=S) groups is 1. The molecule has 0 heterocycles. The highest BCUT2D eigenvalue weighted by atomic mass is 32.2. The van der Waals surface area contributed by atoms with Gasteiger partial charge in [0.05, 0.1) is 4.90 Å². The molecule has 0 aromatic heterocycles. The third kappa shape index (κ3) is 4.18. The van der Waals surface area contributed by atoms with Gasteiger partial charge in [0.25, 0.3) is 0 Å². The van der Waals surface area contributed by atoms with E-state index >= 15 is 0 Å². The number of sulfonamides is 1. The van der Waals surface area contributed by atoms with Crippen LogP contribution in [0.4, 0.5) is 0 Å². The Morgan fingerprint density at radius 1 is 1.38 bits per heavy atom. The minimum atomic E-state index is -3.48. The number of nitrogens with two attached hydrogens (primary N) is 1. The maximum Gasteiger partial charge on any atom is 0.240 e. The van der Waals surface area contributed by atoms with Gasteiger partial charge in [0, 0.05) is 16.9 Å². The summed E-state index contributed by atoms with van der Waals surface area (Å²) < 4.78 is 27.7. The first kappa shape index (κ1) is 16.7. The van der Waals surface area contributed by atoms with Gasteiger partial charge in [-0.25, -0.2) is 13.1 Å². The van der Waals surface area contributed by atoms with Crippen LogP contribution in [-0.2, 0) is 10.0 Å². The molecule has 0 spiro atoms. The van der Waals surface area contributed by atoms with Gasteiger partial charge in [-0.15, -0.1) is 0 Å². The Kier molecular flexibility index (Phi) is 5.65. The third-order valence-corrected chi connectivity index (χ3v) is 6.66. The fraction of sp³-hybridized carbons (Fsp3) is 0.500. The zero-order valence-corrected chi connectivity index (χ0v) is 14.4. The summed E-state index contributed by atoms with van der Waals surface area (Å²) in [7, 11) is -3.48. The Labute approximate surface area is 135 Å². The van der Waals surface area contributed by atoms with Crippen LogP contribution in [0.1, 0.15) is 31.7 Å². The smallest absolute Gasteiger partial charge is 0.240 e. The maximum atomic E-state index is 12.4. The Balaban J connectivity index is 2.12. The van der Waals surface area contributed by atoms with Crippen molar-refractivity contribution in [1.82, 2.24) is 4.72 Å². The summed E-state index contributed by atoms with van der Waals surface area (Å²) in [6.45, 7) is 2.10. The van der Waals surface area contributed by atoms with Crippen molar-refractivity contribution in [3.8, 4) is 0 Å². The molecular formula is C14H20N2O2S3. The quantitative estimate of drug-likeness (QED) is 0.775. The number of rotatable bonds is 6. The summed E-state index contributed by atoms with van der Waals surface area (Å²) in [6, 6.07) is 6.41. The SMILES string of the molecule is CCSC1CCCC1NS(=O)(=O)c1ccc(C(N)=S)cc1. The van der Waals surface area contributed by atoms with E-state index in [1.807, 2.05) is 11.8 Å². The predicted octanol–water partition coefficient (Wildman–Crippen LogP) is 2.27. The molecular weight excluding hydrogens is 324 g/mol. The average molecular weight is 345 g/mol. The van der Waals surface area contributed by atoms with Gasteiger partial charge in [-0.2, -0.15) is 11.8 Å². The normalized spacial score (nSPS) is 22.3. The first-order valence-corrected chi connectivity index (χ1v) is 9.92. The van der Waals surface area contributed by atoms with Crippen LogP contribution < -0.4 is 10.5 Å². The van der Waals surface area contributed by atoms with Gasteiger partial charge in [-0.05, 0) is 30.7 Å². The minimum absolute atomic E-state index is 0.0233. The van der Waals surface area contributed by atoms with Crippen molar-refractivity contribution >= 4 is 39.0 Å². The number of hydrogen-bond donors (Lipinski definition) is 2. The molecule has 1 saturated carbocycles. The Bertz CT molecular complexity index is 599. The Morgan fingerprint density at radius 3 is 2.62 bits per heavy atom. The predicted molar refractivity (Wildman–Crippen MR) is 92.2 cm³/mol. The lowest BCUT2D eigenvalue weighted by molar-refractivity contribution is 0.555. The lowest BCUT2D eigenvalue weighted by Crippen LogP contribution is -2.38. The minimum Gasteiger partial charge on any atom is -0.389 e. The van der Waals surface area contributed by atoms with Crippen LogP contribution in [0.2, 0.25) is 0 Å². The van der Waals surface area contributed by atoms with Crippen molar-refractivity contribution in [1.29, 1.82) is 0 Å². The second kappa shape index (κ2) is 7.09. The first-order chi connectivity index (χ1) is 9.94. The number of thioether (sulfide) groups is 1. The van der Waals surface area contributed by atoms with Crippen LogP contribution in [0.15, 0.2) is 29.2 Å². The second-order valence-electron chi connectivity index (χ2n) is 5.04. The second-order valence-corrected chi connectivity index (χ2v) is 8.71. The van der Waals surface area contributed by atoms with Crippen molar-refractivity contribution in [2.24, 2.45) is 5.73 Å². The van der Waals surface area contributed by atoms with Crippen molar-refractivity contribution in [3.63, 3.8) is 0 Å². The molecule has 1 aromatic carbocycles. The molecule has 2 atom stereocenters. The Hall–Kier alpha value is -0.630. The summed E-state index contributed by atoms with van der Waals surface area (Å²) in [6.07, 6.45) is 3.05. The molecule has 0 saturated heterocycles. The molecule has 0 radical (unpaired) electrons. The first-order valence-electron chi connectivity index (χ1n) is 6.98. The molecule has 21 heavy (non-hydrogen) atoms. The van der Waals surface area contributed by atoms with Crippen LogP contribution in [0.3, 0.4) is 0 Å².